The molecule has 1 amide bonds. The number of benzene rings is 1. The average Bonchev–Trinajstić information content (AvgIpc) is 3.43. The monoisotopic (exact) mass is 443 g/mol. The lowest BCUT2D eigenvalue weighted by Gasteiger charge is -2.46. The van der Waals surface area contributed by atoms with Gasteiger partial charge in [-0.05, 0) is 80.5 Å². The first kappa shape index (κ1) is 20.9. The molecule has 172 valence electrons. The number of ether oxygens (including phenoxy) is 1. The Morgan fingerprint density at radius 3 is 2.58 bits per heavy atom. The van der Waals surface area contributed by atoms with E-state index >= 15 is 0 Å². The number of nitrogens with zero attached hydrogens (tertiary/aromatic N) is 2. The normalized spacial score (nSPS) is 26.5. The molecule has 5 heterocycles. The molecular weight excluding hydrogens is 410 g/mol. The highest BCUT2D eigenvalue weighted by atomic mass is 16.5. The van der Waals surface area contributed by atoms with Crippen molar-refractivity contribution in [2.24, 2.45) is 11.3 Å². The molecule has 0 aliphatic carbocycles. The van der Waals surface area contributed by atoms with Crippen molar-refractivity contribution in [3.63, 3.8) is 0 Å². The minimum absolute atomic E-state index is 0.310. The number of aromatic amines is 1. The molecule has 1 aromatic carbocycles. The molecule has 2 bridgehead atoms. The number of rotatable bonds is 5. The first-order valence-corrected chi connectivity index (χ1v) is 12.6. The highest BCUT2D eigenvalue weighted by Gasteiger charge is 2.50. The summed E-state index contributed by atoms with van der Waals surface area (Å²) in [6.07, 6.45) is 12.0. The Kier molecular flexibility index (Phi) is 5.45. The number of aromatic nitrogens is 2. The third kappa shape index (κ3) is 3.86. The summed E-state index contributed by atoms with van der Waals surface area (Å²) >= 11 is 0. The van der Waals surface area contributed by atoms with E-state index in [4.69, 9.17) is 4.74 Å². The second-order valence-electron chi connectivity index (χ2n) is 10.4. The summed E-state index contributed by atoms with van der Waals surface area (Å²) in [5, 5.41) is 1.24. The van der Waals surface area contributed by atoms with Gasteiger partial charge in [0.1, 0.15) is 5.65 Å². The van der Waals surface area contributed by atoms with Crippen molar-refractivity contribution >= 4 is 16.9 Å². The van der Waals surface area contributed by atoms with E-state index in [2.05, 4.69) is 57.3 Å². The number of nitrogens with one attached hydrogen (secondary N) is 1. The molecule has 0 spiro atoms. The van der Waals surface area contributed by atoms with E-state index < -0.39 is 0 Å². The number of pyridine rings is 1. The summed E-state index contributed by atoms with van der Waals surface area (Å²) in [7, 11) is 0. The summed E-state index contributed by atoms with van der Waals surface area (Å²) < 4.78 is 5.70. The van der Waals surface area contributed by atoms with Gasteiger partial charge < -0.3 is 14.6 Å². The molecule has 3 aliphatic heterocycles. The highest BCUT2D eigenvalue weighted by molar-refractivity contribution is 5.84. The molecule has 1 N–H and O–H groups in total. The molecule has 6 rings (SSSR count). The zero-order valence-electron chi connectivity index (χ0n) is 19.2. The number of carbonyl (C=O) groups is 1. The summed E-state index contributed by atoms with van der Waals surface area (Å²) in [6, 6.07) is 15.7. The van der Waals surface area contributed by atoms with E-state index in [0.717, 1.165) is 57.0 Å². The zero-order chi connectivity index (χ0) is 22.3. The smallest absolute Gasteiger partial charge is 0.229 e. The van der Waals surface area contributed by atoms with E-state index in [9.17, 15) is 4.79 Å². The average molecular weight is 444 g/mol. The topological polar surface area (TPSA) is 58.2 Å². The fourth-order valence-corrected chi connectivity index (χ4v) is 6.78. The number of hydrogen-bond donors (Lipinski definition) is 1. The van der Waals surface area contributed by atoms with Crippen LogP contribution < -0.4 is 0 Å². The molecule has 3 aromatic rings. The number of fused-ring (bicyclic) bond motifs is 3. The van der Waals surface area contributed by atoms with Crippen LogP contribution in [0.2, 0.25) is 0 Å². The standard InChI is InChI=1S/C28H33N3O2/c32-27(28(10-14-33-15-11-28)19-20-4-2-1-3-5-20)31-23-6-7-24(31)18-21(17-23)16-22-8-12-29-26-25(22)9-13-30-26/h1-5,8-9,12-13,21,23-24H,6-7,10-11,14-19H2,(H,29,30). The van der Waals surface area contributed by atoms with Crippen LogP contribution in [0.3, 0.4) is 0 Å². The van der Waals surface area contributed by atoms with Gasteiger partial charge in [0.25, 0.3) is 0 Å². The molecule has 2 atom stereocenters. The van der Waals surface area contributed by atoms with E-state index in [1.807, 2.05) is 12.4 Å². The van der Waals surface area contributed by atoms with Crippen molar-refractivity contribution in [1.82, 2.24) is 14.9 Å². The van der Waals surface area contributed by atoms with Gasteiger partial charge in [-0.3, -0.25) is 4.79 Å². The van der Waals surface area contributed by atoms with Gasteiger partial charge in [0, 0.05) is 43.1 Å². The van der Waals surface area contributed by atoms with Crippen LogP contribution in [0.15, 0.2) is 54.9 Å². The number of amides is 1. The zero-order valence-corrected chi connectivity index (χ0v) is 19.2. The van der Waals surface area contributed by atoms with Crippen LogP contribution in [-0.2, 0) is 22.4 Å². The Morgan fingerprint density at radius 1 is 1.06 bits per heavy atom. The number of piperidine rings is 1. The quantitative estimate of drug-likeness (QED) is 0.609. The summed E-state index contributed by atoms with van der Waals surface area (Å²) in [5.74, 6) is 1.03. The lowest BCUT2D eigenvalue weighted by atomic mass is 9.73. The lowest BCUT2D eigenvalue weighted by molar-refractivity contribution is -0.153. The number of carbonyl (C=O) groups excluding carboxylic acids is 1. The summed E-state index contributed by atoms with van der Waals surface area (Å²) in [5.41, 5.74) is 3.32. The Bertz CT molecular complexity index is 1100. The van der Waals surface area contributed by atoms with Crippen LogP contribution >= 0.6 is 0 Å². The Hall–Kier alpha value is -2.66. The van der Waals surface area contributed by atoms with Crippen molar-refractivity contribution in [3.05, 3.63) is 66.0 Å². The summed E-state index contributed by atoms with van der Waals surface area (Å²) in [6.45, 7) is 1.39. The van der Waals surface area contributed by atoms with Gasteiger partial charge in [0.15, 0.2) is 0 Å². The third-order valence-corrected chi connectivity index (χ3v) is 8.41. The van der Waals surface area contributed by atoms with E-state index in [1.54, 1.807) is 0 Å². The Labute approximate surface area is 195 Å². The molecule has 2 aromatic heterocycles. The van der Waals surface area contributed by atoms with Crippen LogP contribution in [0.1, 0.15) is 49.7 Å². The van der Waals surface area contributed by atoms with Crippen molar-refractivity contribution < 1.29 is 9.53 Å². The van der Waals surface area contributed by atoms with Gasteiger partial charge in [0.2, 0.25) is 5.91 Å². The van der Waals surface area contributed by atoms with Crippen LogP contribution in [0.4, 0.5) is 0 Å². The first-order valence-electron chi connectivity index (χ1n) is 12.6. The lowest BCUT2D eigenvalue weighted by Crippen LogP contribution is -2.55. The number of hydrogen-bond acceptors (Lipinski definition) is 3. The molecule has 3 aliphatic rings. The predicted octanol–water partition coefficient (Wildman–Crippen LogP) is 4.91. The molecule has 3 saturated heterocycles. The second kappa shape index (κ2) is 8.60. The summed E-state index contributed by atoms with van der Waals surface area (Å²) in [4.78, 5) is 24.2. The molecule has 2 unspecified atom stereocenters. The molecule has 5 nitrogen and oxygen atoms in total. The van der Waals surface area contributed by atoms with Crippen molar-refractivity contribution in [2.45, 2.75) is 63.5 Å². The Morgan fingerprint density at radius 2 is 1.82 bits per heavy atom. The van der Waals surface area contributed by atoms with Gasteiger partial charge in [-0.1, -0.05) is 30.3 Å². The molecule has 0 saturated carbocycles. The van der Waals surface area contributed by atoms with Crippen LogP contribution in [-0.4, -0.2) is 46.1 Å². The second-order valence-corrected chi connectivity index (χ2v) is 10.4. The van der Waals surface area contributed by atoms with Crippen molar-refractivity contribution in [3.8, 4) is 0 Å². The molecule has 3 fully saturated rings. The molecule has 5 heteroatoms. The van der Waals surface area contributed by atoms with Gasteiger partial charge in [-0.2, -0.15) is 0 Å². The van der Waals surface area contributed by atoms with Crippen LogP contribution in [0.25, 0.3) is 11.0 Å². The van der Waals surface area contributed by atoms with Gasteiger partial charge in [0.05, 0.1) is 5.41 Å². The minimum atomic E-state index is -0.310. The highest BCUT2D eigenvalue weighted by Crippen LogP contribution is 2.45. The van der Waals surface area contributed by atoms with Gasteiger partial charge in [-0.25, -0.2) is 4.98 Å². The minimum Gasteiger partial charge on any atom is -0.381 e. The number of H-pyrrole nitrogens is 1. The van der Waals surface area contributed by atoms with E-state index in [0.29, 0.717) is 37.1 Å². The Balaban J connectivity index is 1.21. The predicted molar refractivity (Wildman–Crippen MR) is 129 cm³/mol. The molecule has 33 heavy (non-hydrogen) atoms. The SMILES string of the molecule is O=C(N1C2CCC1CC(Cc1ccnc3[nH]ccc13)C2)C1(Cc2ccccc2)CCOCC1. The van der Waals surface area contributed by atoms with Gasteiger partial charge in [-0.15, -0.1) is 0 Å². The largest absolute Gasteiger partial charge is 0.381 e. The first-order chi connectivity index (χ1) is 16.2. The van der Waals surface area contributed by atoms with Crippen molar-refractivity contribution in [2.75, 3.05) is 13.2 Å². The molecular formula is C28H33N3O2. The van der Waals surface area contributed by atoms with Crippen LogP contribution in [0, 0.1) is 11.3 Å². The fourth-order valence-electron chi connectivity index (χ4n) is 6.78. The van der Waals surface area contributed by atoms with Crippen LogP contribution in [0.5, 0.6) is 0 Å². The maximum absolute atomic E-state index is 14.2. The fraction of sp³-hybridized carbons (Fsp3) is 0.500. The van der Waals surface area contributed by atoms with Gasteiger partial charge >= 0.3 is 0 Å². The van der Waals surface area contributed by atoms with E-state index in [-0.39, 0.29) is 5.41 Å². The third-order valence-electron chi connectivity index (χ3n) is 8.41. The maximum Gasteiger partial charge on any atom is 0.229 e. The maximum atomic E-state index is 14.2. The van der Waals surface area contributed by atoms with E-state index in [1.165, 1.54) is 16.5 Å². The van der Waals surface area contributed by atoms with Crippen molar-refractivity contribution in [1.29, 1.82) is 0 Å². The molecule has 0 radical (unpaired) electrons.